The molecule has 0 aliphatic rings. The van der Waals surface area contributed by atoms with Crippen molar-refractivity contribution < 1.29 is 17.9 Å². The average molecular weight is 353 g/mol. The van der Waals surface area contributed by atoms with Crippen LogP contribution in [0.4, 0.5) is 4.79 Å². The number of rotatable bonds is 4. The quantitative estimate of drug-likeness (QED) is 0.911. The highest BCUT2D eigenvalue weighted by molar-refractivity contribution is 7.90. The van der Waals surface area contributed by atoms with Gasteiger partial charge in [0.05, 0.1) is 23.2 Å². The van der Waals surface area contributed by atoms with E-state index in [1.54, 1.807) is 49.8 Å². The van der Waals surface area contributed by atoms with Gasteiger partial charge in [-0.2, -0.15) is 5.10 Å². The maximum absolute atomic E-state index is 11.8. The van der Waals surface area contributed by atoms with Gasteiger partial charge in [-0.25, -0.2) is 13.2 Å². The van der Waals surface area contributed by atoms with Gasteiger partial charge in [-0.3, -0.25) is 4.68 Å². The molecule has 0 saturated heterocycles. The van der Waals surface area contributed by atoms with Crippen LogP contribution in [0.25, 0.3) is 10.9 Å². The maximum atomic E-state index is 11.8. The van der Waals surface area contributed by atoms with Crippen molar-refractivity contribution in [1.82, 2.24) is 15.1 Å². The molecule has 2 rings (SSSR count). The van der Waals surface area contributed by atoms with Gasteiger partial charge in [-0.05, 0) is 45.9 Å². The molecule has 1 amide bonds. The molecule has 0 unspecified atom stereocenters. The number of nitrogens with one attached hydrogen (secondary N) is 1. The monoisotopic (exact) mass is 353 g/mol. The first-order valence-electron chi connectivity index (χ1n) is 7.61. The molecule has 1 atom stereocenters. The summed E-state index contributed by atoms with van der Waals surface area (Å²) in [4.78, 5) is 12.0. The van der Waals surface area contributed by atoms with Crippen molar-refractivity contribution in [2.75, 3.05) is 6.26 Å². The summed E-state index contributed by atoms with van der Waals surface area (Å²) in [6.07, 6.45) is 2.34. The fourth-order valence-electron chi connectivity index (χ4n) is 2.24. The number of fused-ring (bicyclic) bond motifs is 1. The van der Waals surface area contributed by atoms with Crippen LogP contribution in [0.3, 0.4) is 0 Å². The highest BCUT2D eigenvalue weighted by Crippen LogP contribution is 2.19. The number of carbonyl (C=O) groups excluding carboxylic acids is 1. The third kappa shape index (κ3) is 4.70. The Balaban J connectivity index is 2.16. The molecular formula is C16H23N3O4S. The highest BCUT2D eigenvalue weighted by atomic mass is 32.2. The molecule has 24 heavy (non-hydrogen) atoms. The van der Waals surface area contributed by atoms with Crippen LogP contribution in [0.1, 0.15) is 27.7 Å². The van der Waals surface area contributed by atoms with E-state index in [0.717, 1.165) is 5.39 Å². The molecule has 0 bridgehead atoms. The van der Waals surface area contributed by atoms with Gasteiger partial charge in [0.15, 0.2) is 9.84 Å². The van der Waals surface area contributed by atoms with Gasteiger partial charge in [0.1, 0.15) is 5.60 Å². The van der Waals surface area contributed by atoms with Gasteiger partial charge < -0.3 is 10.1 Å². The largest absolute Gasteiger partial charge is 0.444 e. The molecule has 1 N–H and O–H groups in total. The van der Waals surface area contributed by atoms with E-state index in [0.29, 0.717) is 12.1 Å². The lowest BCUT2D eigenvalue weighted by Gasteiger charge is -2.22. The number of ether oxygens (including phenoxy) is 1. The van der Waals surface area contributed by atoms with Gasteiger partial charge >= 0.3 is 6.09 Å². The molecule has 0 aliphatic heterocycles. The molecule has 1 aromatic heterocycles. The molecule has 132 valence electrons. The van der Waals surface area contributed by atoms with Crippen LogP contribution < -0.4 is 5.32 Å². The number of aromatic nitrogens is 2. The van der Waals surface area contributed by atoms with Crippen LogP contribution in [0.5, 0.6) is 0 Å². The van der Waals surface area contributed by atoms with Crippen LogP contribution in [-0.4, -0.2) is 42.2 Å². The Bertz CT molecular complexity index is 850. The lowest BCUT2D eigenvalue weighted by atomic mass is 10.2. The Labute approximate surface area is 141 Å². The van der Waals surface area contributed by atoms with Crippen molar-refractivity contribution in [1.29, 1.82) is 0 Å². The predicted molar refractivity (Wildman–Crippen MR) is 91.7 cm³/mol. The lowest BCUT2D eigenvalue weighted by molar-refractivity contribution is 0.0503. The molecule has 1 aromatic carbocycles. The molecule has 8 heteroatoms. The second-order valence-corrected chi connectivity index (χ2v) is 8.88. The number of amides is 1. The average Bonchev–Trinajstić information content (AvgIpc) is 2.77. The van der Waals surface area contributed by atoms with Crippen LogP contribution in [0, 0.1) is 0 Å². The van der Waals surface area contributed by atoms with Gasteiger partial charge in [0.2, 0.25) is 0 Å². The zero-order valence-corrected chi connectivity index (χ0v) is 15.3. The van der Waals surface area contributed by atoms with Crippen molar-refractivity contribution in [3.8, 4) is 0 Å². The van der Waals surface area contributed by atoms with Crippen molar-refractivity contribution >= 4 is 26.8 Å². The summed E-state index contributed by atoms with van der Waals surface area (Å²) < 4.78 is 30.3. The fourth-order valence-corrected chi connectivity index (χ4v) is 2.88. The van der Waals surface area contributed by atoms with Gasteiger partial charge in [0.25, 0.3) is 0 Å². The van der Waals surface area contributed by atoms with E-state index in [9.17, 15) is 13.2 Å². The van der Waals surface area contributed by atoms with Crippen molar-refractivity contribution in [2.24, 2.45) is 0 Å². The number of hydrogen-bond donors (Lipinski definition) is 1. The summed E-state index contributed by atoms with van der Waals surface area (Å²) in [6, 6.07) is 4.65. The van der Waals surface area contributed by atoms with E-state index in [-0.39, 0.29) is 10.9 Å². The molecule has 1 heterocycles. The number of nitrogens with zero attached hydrogens (tertiary/aromatic N) is 2. The second kappa shape index (κ2) is 6.43. The summed E-state index contributed by atoms with van der Waals surface area (Å²) in [7, 11) is -3.29. The van der Waals surface area contributed by atoms with E-state index in [2.05, 4.69) is 10.4 Å². The molecule has 0 aliphatic carbocycles. The molecule has 0 fully saturated rings. The Kier molecular flexibility index (Phi) is 4.89. The first kappa shape index (κ1) is 18.3. The topological polar surface area (TPSA) is 90.3 Å². The Morgan fingerprint density at radius 2 is 2.04 bits per heavy atom. The lowest BCUT2D eigenvalue weighted by Crippen LogP contribution is -2.39. The summed E-state index contributed by atoms with van der Waals surface area (Å²) in [6.45, 7) is 7.62. The molecule has 0 saturated carbocycles. The minimum atomic E-state index is -3.29. The number of hydrogen-bond acceptors (Lipinski definition) is 5. The SMILES string of the molecule is C[C@@H](Cn1ncc2ccc(S(C)(=O)=O)cc21)NC(=O)OC(C)(C)C. The third-order valence-electron chi connectivity index (χ3n) is 3.25. The van der Waals surface area contributed by atoms with E-state index in [4.69, 9.17) is 4.74 Å². The highest BCUT2D eigenvalue weighted by Gasteiger charge is 2.18. The predicted octanol–water partition coefficient (Wildman–Crippen LogP) is 2.35. The molecule has 2 aromatic rings. The van der Waals surface area contributed by atoms with Crippen LogP contribution in [-0.2, 0) is 21.1 Å². The number of carbonyl (C=O) groups is 1. The number of sulfone groups is 1. The van der Waals surface area contributed by atoms with E-state index in [1.165, 1.54) is 6.26 Å². The number of benzene rings is 1. The summed E-state index contributed by atoms with van der Waals surface area (Å²) >= 11 is 0. The Morgan fingerprint density at radius 3 is 2.62 bits per heavy atom. The number of alkyl carbamates (subject to hydrolysis) is 1. The Morgan fingerprint density at radius 1 is 1.38 bits per heavy atom. The van der Waals surface area contributed by atoms with Crippen LogP contribution >= 0.6 is 0 Å². The smallest absolute Gasteiger partial charge is 0.407 e. The van der Waals surface area contributed by atoms with E-state index >= 15 is 0 Å². The van der Waals surface area contributed by atoms with Gasteiger partial charge in [0, 0.05) is 17.7 Å². The molecular weight excluding hydrogens is 330 g/mol. The molecule has 0 spiro atoms. The molecule has 7 nitrogen and oxygen atoms in total. The van der Waals surface area contributed by atoms with Gasteiger partial charge in [-0.1, -0.05) is 0 Å². The van der Waals surface area contributed by atoms with E-state index in [1.807, 2.05) is 6.92 Å². The summed E-state index contributed by atoms with van der Waals surface area (Å²) in [5.74, 6) is 0. The minimum absolute atomic E-state index is 0.232. The van der Waals surface area contributed by atoms with Crippen molar-refractivity contribution in [3.05, 3.63) is 24.4 Å². The summed E-state index contributed by atoms with van der Waals surface area (Å²) in [5, 5.41) is 7.85. The molecule has 0 radical (unpaired) electrons. The summed E-state index contributed by atoms with van der Waals surface area (Å²) in [5.41, 5.74) is 0.142. The normalized spacial score (nSPS) is 13.7. The van der Waals surface area contributed by atoms with Crippen LogP contribution in [0.15, 0.2) is 29.3 Å². The second-order valence-electron chi connectivity index (χ2n) is 6.87. The zero-order chi connectivity index (χ0) is 18.1. The van der Waals surface area contributed by atoms with Crippen molar-refractivity contribution in [2.45, 2.75) is 50.8 Å². The first-order chi connectivity index (χ1) is 11.0. The van der Waals surface area contributed by atoms with Crippen LogP contribution in [0.2, 0.25) is 0 Å². The zero-order valence-electron chi connectivity index (χ0n) is 14.5. The maximum Gasteiger partial charge on any atom is 0.407 e. The van der Waals surface area contributed by atoms with E-state index < -0.39 is 21.5 Å². The first-order valence-corrected chi connectivity index (χ1v) is 9.50. The van der Waals surface area contributed by atoms with Crippen molar-refractivity contribution in [3.63, 3.8) is 0 Å². The third-order valence-corrected chi connectivity index (χ3v) is 4.36. The Hall–Kier alpha value is -2.09. The standard InChI is InChI=1S/C16H23N3O4S/c1-11(18-15(20)23-16(2,3)4)10-19-14-8-13(24(5,21)22)7-6-12(14)9-17-19/h6-9,11H,10H2,1-5H3,(H,18,20)/t11-/m0/s1. The van der Waals surface area contributed by atoms with Gasteiger partial charge in [-0.15, -0.1) is 0 Å². The fraction of sp³-hybridized carbons (Fsp3) is 0.500. The minimum Gasteiger partial charge on any atom is -0.444 e.